The topological polar surface area (TPSA) is 102 Å². The Kier molecular flexibility index (Phi) is 5.37. The zero-order chi connectivity index (χ0) is 16.1. The monoisotopic (exact) mass is 310 g/mol. The molecular weight excluding hydrogens is 288 g/mol. The molecule has 0 bridgehead atoms. The van der Waals surface area contributed by atoms with Crippen LogP contribution < -0.4 is 10.5 Å². The lowest BCUT2D eigenvalue weighted by molar-refractivity contribution is -0.132. The van der Waals surface area contributed by atoms with E-state index in [2.05, 4.69) is 5.16 Å². The molecule has 0 unspecified atom stereocenters. The Morgan fingerprint density at radius 1 is 1.45 bits per heavy atom. The average Bonchev–Trinajstić information content (AvgIpc) is 2.86. The van der Waals surface area contributed by atoms with Crippen molar-refractivity contribution in [3.63, 3.8) is 0 Å². The summed E-state index contributed by atoms with van der Waals surface area (Å²) in [6, 6.07) is 1.66. The molecule has 1 aromatic heterocycles. The number of hydrogen-bond acceptors (Lipinski definition) is 6. The molecule has 8 heteroatoms. The summed E-state index contributed by atoms with van der Waals surface area (Å²) in [5, 5.41) is 3.70. The number of nitrogens with two attached hydrogens (primary N) is 1. The van der Waals surface area contributed by atoms with Crippen LogP contribution in [0, 0.1) is 5.92 Å². The van der Waals surface area contributed by atoms with Crippen molar-refractivity contribution >= 4 is 11.8 Å². The van der Waals surface area contributed by atoms with Crippen molar-refractivity contribution in [3.8, 4) is 5.88 Å². The van der Waals surface area contributed by atoms with E-state index in [0.29, 0.717) is 44.1 Å². The highest BCUT2D eigenvalue weighted by Crippen LogP contribution is 2.14. The zero-order valence-electron chi connectivity index (χ0n) is 12.9. The van der Waals surface area contributed by atoms with Crippen LogP contribution >= 0.6 is 0 Å². The van der Waals surface area contributed by atoms with Gasteiger partial charge in [-0.2, -0.15) is 0 Å². The summed E-state index contributed by atoms with van der Waals surface area (Å²) in [5.74, 6) is 0.279. The Morgan fingerprint density at radius 2 is 2.23 bits per heavy atom. The number of aryl methyl sites for hydroxylation is 1. The third-order valence-electron chi connectivity index (χ3n) is 3.81. The Bertz CT molecular complexity index is 531. The van der Waals surface area contributed by atoms with Crippen LogP contribution in [0.25, 0.3) is 0 Å². The number of primary amides is 1. The van der Waals surface area contributed by atoms with Gasteiger partial charge in [-0.15, -0.1) is 0 Å². The first-order valence-corrected chi connectivity index (χ1v) is 7.24. The fraction of sp³-hybridized carbons (Fsp3) is 0.643. The number of carbonyl (C=O) groups is 2. The van der Waals surface area contributed by atoms with Crippen LogP contribution in [0.4, 0.5) is 0 Å². The minimum Gasteiger partial charge on any atom is -0.479 e. The molecule has 0 aromatic carbocycles. The molecular formula is C14H22N4O4. The van der Waals surface area contributed by atoms with E-state index in [0.717, 1.165) is 6.54 Å². The Hall–Kier alpha value is -2.09. The van der Waals surface area contributed by atoms with E-state index in [9.17, 15) is 9.59 Å². The molecule has 8 nitrogen and oxygen atoms in total. The fourth-order valence-electron chi connectivity index (χ4n) is 2.48. The first-order valence-electron chi connectivity index (χ1n) is 7.24. The smallest absolute Gasteiger partial charge is 0.254 e. The molecule has 2 N–H and O–H groups in total. The maximum absolute atomic E-state index is 12.3. The van der Waals surface area contributed by atoms with Gasteiger partial charge in [-0.1, -0.05) is 0 Å². The number of hydrogen-bond donors (Lipinski definition) is 1. The molecule has 122 valence electrons. The van der Waals surface area contributed by atoms with E-state index in [1.54, 1.807) is 11.0 Å². The van der Waals surface area contributed by atoms with Crippen molar-refractivity contribution in [3.05, 3.63) is 11.8 Å². The van der Waals surface area contributed by atoms with Crippen molar-refractivity contribution in [2.24, 2.45) is 11.7 Å². The first-order chi connectivity index (χ1) is 10.5. The third-order valence-corrected chi connectivity index (χ3v) is 3.81. The molecule has 1 aromatic rings. The summed E-state index contributed by atoms with van der Waals surface area (Å²) >= 11 is 0. The van der Waals surface area contributed by atoms with E-state index < -0.39 is 0 Å². The van der Waals surface area contributed by atoms with Gasteiger partial charge in [-0.3, -0.25) is 9.59 Å². The number of rotatable bonds is 5. The minimum atomic E-state index is -0.369. The van der Waals surface area contributed by atoms with Gasteiger partial charge in [0.25, 0.3) is 5.88 Å². The Labute approximate surface area is 129 Å². The van der Waals surface area contributed by atoms with E-state index >= 15 is 0 Å². The van der Waals surface area contributed by atoms with E-state index in [-0.39, 0.29) is 17.7 Å². The highest BCUT2D eigenvalue weighted by Gasteiger charge is 2.27. The summed E-state index contributed by atoms with van der Waals surface area (Å²) in [5.41, 5.74) is 5.40. The van der Waals surface area contributed by atoms with Crippen LogP contribution in [-0.4, -0.2) is 67.1 Å². The SMILES string of the molecule is COc1cc(CCC(=O)N2CCN(C)C[C@@H](C(N)=O)C2)on1. The largest absolute Gasteiger partial charge is 0.479 e. The quantitative estimate of drug-likeness (QED) is 0.786. The molecule has 22 heavy (non-hydrogen) atoms. The number of methoxy groups -OCH3 is 1. The van der Waals surface area contributed by atoms with Gasteiger partial charge in [0.15, 0.2) is 0 Å². The van der Waals surface area contributed by atoms with Crippen molar-refractivity contribution < 1.29 is 18.8 Å². The van der Waals surface area contributed by atoms with Gasteiger partial charge in [0.05, 0.1) is 13.0 Å². The van der Waals surface area contributed by atoms with Crippen molar-refractivity contribution in [2.75, 3.05) is 40.3 Å². The third kappa shape index (κ3) is 4.20. The molecule has 1 saturated heterocycles. The molecule has 2 rings (SSSR count). The predicted octanol–water partition coefficient (Wildman–Crippen LogP) is -0.509. The minimum absolute atomic E-state index is 0.0167. The van der Waals surface area contributed by atoms with Gasteiger partial charge in [-0.25, -0.2) is 0 Å². The van der Waals surface area contributed by atoms with Gasteiger partial charge >= 0.3 is 0 Å². The summed E-state index contributed by atoms with van der Waals surface area (Å²) in [6.07, 6.45) is 0.746. The van der Waals surface area contributed by atoms with Gasteiger partial charge in [0.1, 0.15) is 5.76 Å². The normalized spacial score (nSPS) is 19.7. The average molecular weight is 310 g/mol. The maximum atomic E-state index is 12.3. The van der Waals surface area contributed by atoms with Gasteiger partial charge in [-0.05, 0) is 12.2 Å². The van der Waals surface area contributed by atoms with Crippen molar-refractivity contribution in [1.29, 1.82) is 0 Å². The highest BCUT2D eigenvalue weighted by molar-refractivity contribution is 5.80. The van der Waals surface area contributed by atoms with Crippen molar-refractivity contribution in [1.82, 2.24) is 15.0 Å². The molecule has 2 amide bonds. The molecule has 2 heterocycles. The molecule has 1 atom stereocenters. The number of ether oxygens (including phenoxy) is 1. The standard InChI is InChI=1S/C14H22N4O4/c1-17-5-6-18(9-10(8-17)14(15)20)13(19)4-3-11-7-12(21-2)16-22-11/h7,10H,3-6,8-9H2,1-2H3,(H2,15,20)/t10-/m1/s1. The molecule has 0 radical (unpaired) electrons. The maximum Gasteiger partial charge on any atom is 0.254 e. The number of carbonyl (C=O) groups excluding carboxylic acids is 2. The predicted molar refractivity (Wildman–Crippen MR) is 78.1 cm³/mol. The van der Waals surface area contributed by atoms with Gasteiger partial charge in [0.2, 0.25) is 11.8 Å². The number of likely N-dealkylation sites (N-methyl/N-ethyl adjacent to an activating group) is 1. The molecule has 0 spiro atoms. The lowest BCUT2D eigenvalue weighted by atomic mass is 10.1. The van der Waals surface area contributed by atoms with Crippen LogP contribution in [-0.2, 0) is 16.0 Å². The van der Waals surface area contributed by atoms with Crippen LogP contribution in [0.1, 0.15) is 12.2 Å². The van der Waals surface area contributed by atoms with Crippen LogP contribution in [0.3, 0.4) is 0 Å². The van der Waals surface area contributed by atoms with Gasteiger partial charge in [0, 0.05) is 45.1 Å². The highest BCUT2D eigenvalue weighted by atomic mass is 16.5. The summed E-state index contributed by atoms with van der Waals surface area (Å²) in [4.78, 5) is 27.5. The molecule has 1 fully saturated rings. The summed E-state index contributed by atoms with van der Waals surface area (Å²) in [6.45, 7) is 2.28. The van der Waals surface area contributed by atoms with Crippen molar-refractivity contribution in [2.45, 2.75) is 12.8 Å². The summed E-state index contributed by atoms with van der Waals surface area (Å²) in [7, 11) is 3.43. The number of amides is 2. The van der Waals surface area contributed by atoms with Crippen LogP contribution in [0.2, 0.25) is 0 Å². The summed E-state index contributed by atoms with van der Waals surface area (Å²) < 4.78 is 10.00. The Balaban J connectivity index is 1.91. The lowest BCUT2D eigenvalue weighted by Gasteiger charge is -2.22. The number of aromatic nitrogens is 1. The molecule has 0 saturated carbocycles. The second-order valence-corrected chi connectivity index (χ2v) is 5.54. The van der Waals surface area contributed by atoms with Crippen LogP contribution in [0.15, 0.2) is 10.6 Å². The first kappa shape index (κ1) is 16.3. The molecule has 1 aliphatic rings. The van der Waals surface area contributed by atoms with E-state index in [1.165, 1.54) is 7.11 Å². The van der Waals surface area contributed by atoms with Gasteiger partial charge < -0.3 is 24.8 Å². The van der Waals surface area contributed by atoms with E-state index in [1.807, 2.05) is 11.9 Å². The van der Waals surface area contributed by atoms with E-state index in [4.69, 9.17) is 15.0 Å². The second kappa shape index (κ2) is 7.26. The number of nitrogens with zero attached hydrogens (tertiary/aromatic N) is 3. The zero-order valence-corrected chi connectivity index (χ0v) is 12.9. The van der Waals surface area contributed by atoms with Crippen LogP contribution in [0.5, 0.6) is 5.88 Å². The molecule has 1 aliphatic heterocycles. The Morgan fingerprint density at radius 3 is 2.86 bits per heavy atom. The second-order valence-electron chi connectivity index (χ2n) is 5.54. The lowest BCUT2D eigenvalue weighted by Crippen LogP contribution is -2.40. The molecule has 0 aliphatic carbocycles. The fourth-order valence-corrected chi connectivity index (χ4v) is 2.48.